The summed E-state index contributed by atoms with van der Waals surface area (Å²) >= 11 is 0. The van der Waals surface area contributed by atoms with Crippen molar-refractivity contribution in [1.82, 2.24) is 24.8 Å². The van der Waals surface area contributed by atoms with E-state index in [1.54, 1.807) is 0 Å². The van der Waals surface area contributed by atoms with E-state index in [1.807, 2.05) is 0 Å². The van der Waals surface area contributed by atoms with Crippen molar-refractivity contribution >= 4 is 23.1 Å². The number of halogens is 5. The fourth-order valence-electron chi connectivity index (χ4n) is 4.87. The van der Waals surface area contributed by atoms with E-state index < -0.39 is 47.5 Å². The molecule has 9 nitrogen and oxygen atoms in total. The first kappa shape index (κ1) is 25.7. The Morgan fingerprint density at radius 1 is 1.16 bits per heavy atom. The van der Waals surface area contributed by atoms with E-state index in [-0.39, 0.29) is 60.2 Å². The first-order valence-corrected chi connectivity index (χ1v) is 11.7. The minimum atomic E-state index is -4.75. The number of fused-ring (bicyclic) bond motifs is 1. The maximum atomic E-state index is 14.7. The second kappa shape index (κ2) is 9.40. The van der Waals surface area contributed by atoms with Crippen LogP contribution in [0.15, 0.2) is 30.6 Å². The van der Waals surface area contributed by atoms with E-state index in [4.69, 9.17) is 10.5 Å². The van der Waals surface area contributed by atoms with E-state index in [0.717, 1.165) is 16.9 Å². The molecular formula is C24H23F5N6O3. The van der Waals surface area contributed by atoms with E-state index >= 15 is 0 Å². The number of likely N-dealkylation sites (tertiary alicyclic amines) is 1. The number of nitrogens with two attached hydrogens (primary N) is 1. The van der Waals surface area contributed by atoms with Crippen LogP contribution in [-0.4, -0.2) is 69.9 Å². The zero-order chi connectivity index (χ0) is 27.4. The van der Waals surface area contributed by atoms with Crippen LogP contribution < -0.4 is 15.8 Å². The minimum absolute atomic E-state index is 0.00852. The fourth-order valence-corrected chi connectivity index (χ4v) is 4.87. The number of carbonyl (C=O) groups is 2. The molecule has 2 aliphatic rings. The number of rotatable bonds is 5. The van der Waals surface area contributed by atoms with Crippen LogP contribution in [0.1, 0.15) is 28.8 Å². The molecule has 0 bridgehead atoms. The van der Waals surface area contributed by atoms with Crippen LogP contribution >= 0.6 is 0 Å². The van der Waals surface area contributed by atoms with Gasteiger partial charge in [0.1, 0.15) is 29.9 Å². The molecule has 3 heterocycles. The second-order valence-electron chi connectivity index (χ2n) is 9.37. The predicted molar refractivity (Wildman–Crippen MR) is 125 cm³/mol. The quantitative estimate of drug-likeness (QED) is 0.483. The normalized spacial score (nSPS) is 23.4. The lowest BCUT2D eigenvalue weighted by atomic mass is 9.82. The van der Waals surface area contributed by atoms with Crippen LogP contribution in [0.4, 0.5) is 27.8 Å². The topological polar surface area (TPSA) is 115 Å². The Labute approximate surface area is 212 Å². The van der Waals surface area contributed by atoms with Gasteiger partial charge in [-0.25, -0.2) is 18.3 Å². The van der Waals surface area contributed by atoms with Gasteiger partial charge < -0.3 is 20.7 Å². The van der Waals surface area contributed by atoms with Crippen molar-refractivity contribution in [1.29, 1.82) is 0 Å². The van der Waals surface area contributed by atoms with Crippen molar-refractivity contribution in [2.45, 2.75) is 37.4 Å². The number of aromatic nitrogens is 3. The third-order valence-corrected chi connectivity index (χ3v) is 6.93. The van der Waals surface area contributed by atoms with Gasteiger partial charge in [-0.3, -0.25) is 9.59 Å². The zero-order valence-electron chi connectivity index (χ0n) is 20.0. The van der Waals surface area contributed by atoms with Crippen LogP contribution in [0, 0.1) is 5.92 Å². The Balaban J connectivity index is 1.43. The number of carbonyl (C=O) groups excluding carboxylic acids is 2. The van der Waals surface area contributed by atoms with E-state index in [1.165, 1.54) is 30.2 Å². The van der Waals surface area contributed by atoms with E-state index in [9.17, 15) is 31.5 Å². The molecule has 5 rings (SSSR count). The first-order valence-electron chi connectivity index (χ1n) is 11.7. The molecule has 3 aromatic rings. The van der Waals surface area contributed by atoms with Gasteiger partial charge in [-0.15, -0.1) is 0 Å². The highest BCUT2D eigenvalue weighted by atomic mass is 19.4. The van der Waals surface area contributed by atoms with Crippen LogP contribution in [0.5, 0.6) is 5.75 Å². The lowest BCUT2D eigenvalue weighted by Gasteiger charge is -2.31. The second-order valence-corrected chi connectivity index (χ2v) is 9.37. The van der Waals surface area contributed by atoms with Crippen molar-refractivity contribution in [3.63, 3.8) is 0 Å². The van der Waals surface area contributed by atoms with E-state index in [0.29, 0.717) is 0 Å². The summed E-state index contributed by atoms with van der Waals surface area (Å²) in [7, 11) is 1.30. The lowest BCUT2D eigenvalue weighted by molar-refractivity contribution is -0.139. The fraction of sp³-hybridized carbons (Fsp3) is 0.417. The highest BCUT2D eigenvalue weighted by Crippen LogP contribution is 2.39. The molecule has 0 unspecified atom stereocenters. The molecule has 3 N–H and O–H groups in total. The standard InChI is InChI=1S/C24H23F5N6O3/c1-38-19-3-2-11(18-7-15(24(27,28)29)20-21(30)31-10-32-35(18)20)6-14(19)22(36)33-17-9-34(8-16(17)26)23(37)12-4-13(25)5-12/h2-3,6-7,10,12-13,16-17H,4-5,8-9H2,1H3,(H,33,36)(H2,30,31,32)/t12?,13?,16-,17+/m0/s1. The molecule has 38 heavy (non-hydrogen) atoms. The molecule has 1 saturated carbocycles. The summed E-state index contributed by atoms with van der Waals surface area (Å²) in [6, 6.07) is 3.96. The number of alkyl halides is 5. The van der Waals surface area contributed by atoms with E-state index in [2.05, 4.69) is 15.4 Å². The summed E-state index contributed by atoms with van der Waals surface area (Å²) in [5, 5.41) is 6.45. The summed E-state index contributed by atoms with van der Waals surface area (Å²) in [6.45, 7) is -0.318. The molecule has 2 fully saturated rings. The number of nitrogens with one attached hydrogen (secondary N) is 1. The van der Waals surface area contributed by atoms with Crippen molar-refractivity contribution in [2.75, 3.05) is 25.9 Å². The third-order valence-electron chi connectivity index (χ3n) is 6.93. The molecule has 2 amide bonds. The third kappa shape index (κ3) is 4.47. The molecule has 14 heteroatoms. The highest BCUT2D eigenvalue weighted by molar-refractivity contribution is 5.98. The largest absolute Gasteiger partial charge is 0.496 e. The SMILES string of the molecule is COc1ccc(-c2cc(C(F)(F)F)c3c(N)ncnn23)cc1C(=O)N[C@@H]1CN(C(=O)C2CC(F)C2)C[C@@H]1F. The maximum Gasteiger partial charge on any atom is 0.418 e. The molecule has 202 valence electrons. The van der Waals surface area contributed by atoms with Gasteiger partial charge in [0, 0.05) is 18.0 Å². The van der Waals surface area contributed by atoms with Crippen LogP contribution in [0.25, 0.3) is 16.8 Å². The number of ether oxygens (including phenoxy) is 1. The molecule has 2 atom stereocenters. The lowest BCUT2D eigenvalue weighted by Crippen LogP contribution is -2.44. The Bertz CT molecular complexity index is 1400. The molecule has 1 aromatic carbocycles. The van der Waals surface area contributed by atoms with Crippen LogP contribution in [0.3, 0.4) is 0 Å². The number of hydrogen-bond donors (Lipinski definition) is 2. The van der Waals surface area contributed by atoms with Gasteiger partial charge in [0.2, 0.25) is 5.91 Å². The first-order chi connectivity index (χ1) is 18.0. The Morgan fingerprint density at radius 3 is 2.55 bits per heavy atom. The van der Waals surface area contributed by atoms with Gasteiger partial charge in [0.05, 0.1) is 36.5 Å². The monoisotopic (exact) mass is 538 g/mol. The number of benzene rings is 1. The maximum absolute atomic E-state index is 14.7. The number of nitrogens with zero attached hydrogens (tertiary/aromatic N) is 4. The number of amides is 2. The van der Waals surface area contributed by atoms with Gasteiger partial charge in [0.15, 0.2) is 5.82 Å². The van der Waals surface area contributed by atoms with Crippen molar-refractivity contribution in [2.24, 2.45) is 5.92 Å². The summed E-state index contributed by atoms with van der Waals surface area (Å²) < 4.78 is 75.2. The number of anilines is 1. The average Bonchev–Trinajstić information content (AvgIpc) is 3.43. The van der Waals surface area contributed by atoms with Gasteiger partial charge in [-0.1, -0.05) is 0 Å². The van der Waals surface area contributed by atoms with Gasteiger partial charge >= 0.3 is 6.18 Å². The molecule has 1 aliphatic heterocycles. The summed E-state index contributed by atoms with van der Waals surface area (Å²) in [4.78, 5) is 30.6. The minimum Gasteiger partial charge on any atom is -0.496 e. The zero-order valence-corrected chi connectivity index (χ0v) is 20.0. The number of methoxy groups -OCH3 is 1. The molecule has 0 radical (unpaired) electrons. The van der Waals surface area contributed by atoms with Gasteiger partial charge in [0.25, 0.3) is 5.91 Å². The predicted octanol–water partition coefficient (Wildman–Crippen LogP) is 3.03. The van der Waals surface area contributed by atoms with Crippen molar-refractivity contribution in [3.05, 3.63) is 41.7 Å². The van der Waals surface area contributed by atoms with Crippen LogP contribution in [0.2, 0.25) is 0 Å². The van der Waals surface area contributed by atoms with Gasteiger partial charge in [-0.2, -0.15) is 18.3 Å². The number of hydrogen-bond acceptors (Lipinski definition) is 6. The average molecular weight is 538 g/mol. The Kier molecular flexibility index (Phi) is 6.35. The Hall–Kier alpha value is -3.97. The molecule has 2 aromatic heterocycles. The highest BCUT2D eigenvalue weighted by Gasteiger charge is 2.43. The molecule has 1 aliphatic carbocycles. The Morgan fingerprint density at radius 2 is 1.89 bits per heavy atom. The number of nitrogen functional groups attached to an aromatic ring is 1. The summed E-state index contributed by atoms with van der Waals surface area (Å²) in [5.41, 5.74) is 4.34. The summed E-state index contributed by atoms with van der Waals surface area (Å²) in [6.07, 6.45) is -6.11. The summed E-state index contributed by atoms with van der Waals surface area (Å²) in [5.74, 6) is -1.85. The van der Waals surface area contributed by atoms with Crippen molar-refractivity contribution < 1.29 is 36.3 Å². The van der Waals surface area contributed by atoms with Crippen LogP contribution in [-0.2, 0) is 11.0 Å². The smallest absolute Gasteiger partial charge is 0.418 e. The van der Waals surface area contributed by atoms with Gasteiger partial charge in [-0.05, 0) is 37.1 Å². The molecule has 0 spiro atoms. The van der Waals surface area contributed by atoms with Crippen molar-refractivity contribution in [3.8, 4) is 17.0 Å². The molecular weight excluding hydrogens is 515 g/mol. The molecule has 1 saturated heterocycles.